The molecule has 36 heavy (non-hydrogen) atoms. The zero-order valence-electron chi connectivity index (χ0n) is 20.0. The first-order valence-electron chi connectivity index (χ1n) is 12.4. The molecule has 2 aromatic rings. The normalized spacial score (nSPS) is 17.4. The Bertz CT molecular complexity index is 1200. The summed E-state index contributed by atoms with van der Waals surface area (Å²) in [5, 5.41) is 3.39. The van der Waals surface area contributed by atoms with E-state index in [1.165, 1.54) is 27.4 Å². The Balaban J connectivity index is 1.66. The first-order valence-corrected chi connectivity index (χ1v) is 14.4. The lowest BCUT2D eigenvalue weighted by Gasteiger charge is -2.34. The molecule has 0 unspecified atom stereocenters. The second-order valence-corrected chi connectivity index (χ2v) is 11.8. The van der Waals surface area contributed by atoms with Crippen molar-refractivity contribution in [2.24, 2.45) is 0 Å². The van der Waals surface area contributed by atoms with Crippen LogP contribution in [0.2, 0.25) is 5.02 Å². The van der Waals surface area contributed by atoms with Crippen LogP contribution >= 0.6 is 11.6 Å². The van der Waals surface area contributed by atoms with E-state index in [0.717, 1.165) is 32.1 Å². The maximum Gasteiger partial charge on any atom is 0.248 e. The Morgan fingerprint density at radius 1 is 1.08 bits per heavy atom. The third-order valence-corrected chi connectivity index (χ3v) is 8.91. The van der Waals surface area contributed by atoms with Gasteiger partial charge >= 0.3 is 0 Å². The summed E-state index contributed by atoms with van der Waals surface area (Å²) in [6, 6.07) is 11.1. The molecule has 1 heterocycles. The van der Waals surface area contributed by atoms with E-state index in [9.17, 15) is 22.4 Å². The monoisotopic (exact) mass is 535 g/mol. The van der Waals surface area contributed by atoms with Gasteiger partial charge in [-0.1, -0.05) is 55.1 Å². The van der Waals surface area contributed by atoms with Crippen LogP contribution in [0.3, 0.4) is 0 Å². The van der Waals surface area contributed by atoms with Gasteiger partial charge in [0.15, 0.2) is 0 Å². The predicted octanol–water partition coefficient (Wildman–Crippen LogP) is 4.43. The molecule has 10 heteroatoms. The molecule has 0 bridgehead atoms. The zero-order valence-corrected chi connectivity index (χ0v) is 21.6. The van der Waals surface area contributed by atoms with Gasteiger partial charge in [-0.25, -0.2) is 12.8 Å². The minimum Gasteiger partial charge on any atom is -0.351 e. The van der Waals surface area contributed by atoms with Crippen LogP contribution in [-0.4, -0.2) is 49.4 Å². The van der Waals surface area contributed by atoms with Crippen LogP contribution in [0, 0.1) is 5.82 Å². The number of hydrogen-bond acceptors (Lipinski definition) is 4. The number of amides is 2. The van der Waals surface area contributed by atoms with Crippen LogP contribution in [-0.2, 0) is 19.6 Å². The van der Waals surface area contributed by atoms with Crippen LogP contribution in [0.25, 0.3) is 0 Å². The van der Waals surface area contributed by atoms with Crippen molar-refractivity contribution in [2.75, 3.05) is 23.7 Å². The van der Waals surface area contributed by atoms with E-state index in [4.69, 9.17) is 11.6 Å². The number of anilines is 1. The average Bonchev–Trinajstić information content (AvgIpc) is 3.70. The zero-order chi connectivity index (χ0) is 25.7. The van der Waals surface area contributed by atoms with Gasteiger partial charge in [-0.05, 0) is 43.5 Å². The molecular formula is C26H31ClFN3O4S. The SMILES string of the molecule is O=C(NC1CCCCC1)[C@@H](c1ccccc1Cl)N(C(=O)CCCS(=O)(=O)N1CC1)c1cccc(F)c1. The molecule has 0 aromatic heterocycles. The lowest BCUT2D eigenvalue weighted by Crippen LogP contribution is -2.47. The minimum absolute atomic E-state index is 0.0153. The summed E-state index contributed by atoms with van der Waals surface area (Å²) < 4.78 is 40.1. The van der Waals surface area contributed by atoms with E-state index in [0.29, 0.717) is 23.7 Å². The van der Waals surface area contributed by atoms with Gasteiger partial charge in [-0.2, -0.15) is 4.31 Å². The highest BCUT2D eigenvalue weighted by atomic mass is 35.5. The minimum atomic E-state index is -3.39. The Kier molecular flexibility index (Phi) is 8.64. The molecule has 2 aliphatic rings. The standard InChI is InChI=1S/C26H31ClFN3O4S/c27-23-13-5-4-12-22(23)25(26(33)29-20-9-2-1-3-10-20)31(21-11-6-8-19(28)18-21)24(32)14-7-17-36(34,35)30-15-16-30/h4-6,8,11-13,18,20,25H,1-3,7,9-10,14-17H2,(H,29,33)/t25-/m1/s1. The number of nitrogens with one attached hydrogen (secondary N) is 1. The molecule has 1 saturated heterocycles. The molecule has 1 N–H and O–H groups in total. The molecule has 2 amide bonds. The number of benzene rings is 2. The van der Waals surface area contributed by atoms with Gasteiger partial charge < -0.3 is 5.32 Å². The van der Waals surface area contributed by atoms with Crippen molar-refractivity contribution in [1.82, 2.24) is 9.62 Å². The average molecular weight is 536 g/mol. The topological polar surface area (TPSA) is 86.6 Å². The first-order chi connectivity index (χ1) is 17.3. The predicted molar refractivity (Wildman–Crippen MR) is 138 cm³/mol. The molecule has 1 saturated carbocycles. The molecular weight excluding hydrogens is 505 g/mol. The summed E-state index contributed by atoms with van der Waals surface area (Å²) in [6.07, 6.45) is 4.81. The summed E-state index contributed by atoms with van der Waals surface area (Å²) in [4.78, 5) is 28.6. The van der Waals surface area contributed by atoms with Crippen molar-refractivity contribution in [3.05, 3.63) is 64.9 Å². The summed E-state index contributed by atoms with van der Waals surface area (Å²) in [5.41, 5.74) is 0.624. The second kappa shape index (κ2) is 11.7. The first kappa shape index (κ1) is 26.6. The van der Waals surface area contributed by atoms with Gasteiger partial charge in [0.2, 0.25) is 21.8 Å². The molecule has 1 atom stereocenters. The number of hydrogen-bond donors (Lipinski definition) is 1. The smallest absolute Gasteiger partial charge is 0.248 e. The third-order valence-electron chi connectivity index (χ3n) is 6.61. The maximum atomic E-state index is 14.3. The number of rotatable bonds is 10. The fourth-order valence-corrected chi connectivity index (χ4v) is 6.30. The van der Waals surface area contributed by atoms with Gasteiger partial charge in [0, 0.05) is 41.8 Å². The van der Waals surface area contributed by atoms with Crippen molar-refractivity contribution in [3.8, 4) is 0 Å². The molecule has 1 aliphatic carbocycles. The van der Waals surface area contributed by atoms with E-state index in [2.05, 4.69) is 5.32 Å². The fraction of sp³-hybridized carbons (Fsp3) is 0.462. The summed E-state index contributed by atoms with van der Waals surface area (Å²) in [5.74, 6) is -1.60. The lowest BCUT2D eigenvalue weighted by atomic mass is 9.94. The highest BCUT2D eigenvalue weighted by Crippen LogP contribution is 2.34. The van der Waals surface area contributed by atoms with Crippen molar-refractivity contribution >= 4 is 39.1 Å². The van der Waals surface area contributed by atoms with E-state index in [1.54, 1.807) is 30.3 Å². The van der Waals surface area contributed by atoms with Crippen molar-refractivity contribution < 1.29 is 22.4 Å². The molecule has 4 rings (SSSR count). The second-order valence-electron chi connectivity index (χ2n) is 9.33. The van der Waals surface area contributed by atoms with Gasteiger partial charge in [-0.3, -0.25) is 14.5 Å². The maximum absolute atomic E-state index is 14.3. The third kappa shape index (κ3) is 6.63. The quantitative estimate of drug-likeness (QED) is 0.456. The van der Waals surface area contributed by atoms with Crippen LogP contribution < -0.4 is 10.2 Å². The Morgan fingerprint density at radius 2 is 1.81 bits per heavy atom. The Labute approximate surface area is 216 Å². The van der Waals surface area contributed by atoms with Crippen LogP contribution in [0.4, 0.5) is 10.1 Å². The summed E-state index contributed by atoms with van der Waals surface area (Å²) >= 11 is 6.50. The highest BCUT2D eigenvalue weighted by molar-refractivity contribution is 7.89. The highest BCUT2D eigenvalue weighted by Gasteiger charge is 2.36. The molecule has 2 aromatic carbocycles. The van der Waals surface area contributed by atoms with Crippen molar-refractivity contribution in [3.63, 3.8) is 0 Å². The molecule has 194 valence electrons. The van der Waals surface area contributed by atoms with E-state index in [-0.39, 0.29) is 30.3 Å². The van der Waals surface area contributed by atoms with E-state index in [1.807, 2.05) is 0 Å². The molecule has 1 aliphatic heterocycles. The largest absolute Gasteiger partial charge is 0.351 e. The van der Waals surface area contributed by atoms with Crippen LogP contribution in [0.5, 0.6) is 0 Å². The number of sulfonamides is 1. The number of carbonyl (C=O) groups excluding carboxylic acids is 2. The Morgan fingerprint density at radius 3 is 2.47 bits per heavy atom. The number of carbonyl (C=O) groups is 2. The van der Waals surface area contributed by atoms with Crippen molar-refractivity contribution in [2.45, 2.75) is 57.0 Å². The van der Waals surface area contributed by atoms with Gasteiger partial charge in [0.05, 0.1) is 5.75 Å². The molecule has 0 radical (unpaired) electrons. The molecule has 2 fully saturated rings. The summed E-state index contributed by atoms with van der Waals surface area (Å²) in [7, 11) is -3.39. The Hall–Kier alpha value is -2.49. The van der Waals surface area contributed by atoms with Crippen molar-refractivity contribution in [1.29, 1.82) is 0 Å². The van der Waals surface area contributed by atoms with E-state index >= 15 is 0 Å². The number of nitrogens with zero attached hydrogens (tertiary/aromatic N) is 2. The van der Waals surface area contributed by atoms with Gasteiger partial charge in [0.25, 0.3) is 0 Å². The number of halogens is 2. The van der Waals surface area contributed by atoms with E-state index < -0.39 is 33.7 Å². The van der Waals surface area contributed by atoms with Crippen LogP contribution in [0.1, 0.15) is 56.6 Å². The lowest BCUT2D eigenvalue weighted by molar-refractivity contribution is -0.127. The molecule has 7 nitrogen and oxygen atoms in total. The van der Waals surface area contributed by atoms with Gasteiger partial charge in [0.1, 0.15) is 11.9 Å². The molecule has 0 spiro atoms. The van der Waals surface area contributed by atoms with Crippen LogP contribution in [0.15, 0.2) is 48.5 Å². The summed E-state index contributed by atoms with van der Waals surface area (Å²) in [6.45, 7) is 1.00. The fourth-order valence-electron chi connectivity index (χ4n) is 4.66. The van der Waals surface area contributed by atoms with Gasteiger partial charge in [-0.15, -0.1) is 0 Å².